The quantitative estimate of drug-likeness (QED) is 0.766. The molecule has 6 nitrogen and oxygen atoms in total. The molecule has 166 valence electrons. The lowest BCUT2D eigenvalue weighted by Gasteiger charge is -2.49. The molecule has 0 radical (unpaired) electrons. The Bertz CT molecular complexity index is 1070. The van der Waals surface area contributed by atoms with Crippen LogP contribution in [0.25, 0.3) is 11.1 Å². The molecular weight excluding hydrogens is 419 g/mol. The highest BCUT2D eigenvalue weighted by Crippen LogP contribution is 2.31. The summed E-state index contributed by atoms with van der Waals surface area (Å²) < 4.78 is 46.0. The zero-order chi connectivity index (χ0) is 22.2. The third kappa shape index (κ3) is 4.97. The molecule has 2 fully saturated rings. The van der Waals surface area contributed by atoms with Crippen molar-refractivity contribution < 1.29 is 22.3 Å². The lowest BCUT2D eigenvalue weighted by Crippen LogP contribution is -2.66. The van der Waals surface area contributed by atoms with Crippen LogP contribution < -0.4 is 4.72 Å². The van der Waals surface area contributed by atoms with Crippen molar-refractivity contribution in [1.82, 2.24) is 9.62 Å². The minimum absolute atomic E-state index is 0.0577. The number of nitrogens with zero attached hydrogens (tertiary/aromatic N) is 1. The molecule has 2 saturated heterocycles. The average molecular weight is 447 g/mol. The van der Waals surface area contributed by atoms with Crippen molar-refractivity contribution in [3.05, 3.63) is 59.9 Å². The van der Waals surface area contributed by atoms with E-state index in [1.165, 1.54) is 12.1 Å². The van der Waals surface area contributed by atoms with Gasteiger partial charge in [0, 0.05) is 6.04 Å². The number of sulfonamides is 1. The molecule has 31 heavy (non-hydrogen) atoms. The van der Waals surface area contributed by atoms with Crippen LogP contribution in [0.4, 0.5) is 4.39 Å². The molecule has 2 aliphatic heterocycles. The van der Waals surface area contributed by atoms with Gasteiger partial charge < -0.3 is 9.64 Å². The molecule has 1 unspecified atom stereocenters. The molecule has 8 heteroatoms. The number of fused-ring (bicyclic) bond motifs is 1. The number of rotatable bonds is 5. The molecule has 0 saturated carbocycles. The lowest BCUT2D eigenvalue weighted by atomic mass is 9.86. The predicted molar refractivity (Wildman–Crippen MR) is 116 cm³/mol. The van der Waals surface area contributed by atoms with Gasteiger partial charge >= 0.3 is 0 Å². The molecule has 4 atom stereocenters. The molecule has 0 spiro atoms. The second-order valence-corrected chi connectivity index (χ2v) is 10.2. The van der Waals surface area contributed by atoms with Gasteiger partial charge in [-0.05, 0) is 55.0 Å². The Morgan fingerprint density at radius 1 is 1.13 bits per heavy atom. The van der Waals surface area contributed by atoms with Crippen molar-refractivity contribution in [2.45, 2.75) is 50.4 Å². The Labute approximate surface area is 182 Å². The number of ether oxygens (including phenoxy) is 1. The van der Waals surface area contributed by atoms with E-state index in [0.717, 1.165) is 22.9 Å². The highest BCUT2D eigenvalue weighted by atomic mass is 32.2. The molecule has 2 heterocycles. The van der Waals surface area contributed by atoms with E-state index in [9.17, 15) is 17.6 Å². The third-order valence-corrected chi connectivity index (χ3v) is 6.79. The van der Waals surface area contributed by atoms with Crippen molar-refractivity contribution in [3.8, 4) is 11.1 Å². The van der Waals surface area contributed by atoms with Crippen LogP contribution in [0.2, 0.25) is 0 Å². The number of nitrogens with one attached hydrogen (secondary N) is 1. The van der Waals surface area contributed by atoms with Gasteiger partial charge in [0.15, 0.2) is 0 Å². The van der Waals surface area contributed by atoms with E-state index in [-0.39, 0.29) is 29.8 Å². The van der Waals surface area contributed by atoms with Crippen LogP contribution in [-0.4, -0.2) is 56.3 Å². The van der Waals surface area contributed by atoms with Gasteiger partial charge in [0.1, 0.15) is 11.9 Å². The van der Waals surface area contributed by atoms with Gasteiger partial charge in [0.25, 0.3) is 5.91 Å². The van der Waals surface area contributed by atoms with Crippen LogP contribution in [0.3, 0.4) is 0 Å². The zero-order valence-corrected chi connectivity index (χ0v) is 18.4. The molecule has 4 rings (SSSR count). The number of halogens is 1. The second kappa shape index (κ2) is 8.68. The fraction of sp³-hybridized carbons (Fsp3) is 0.435. The Balaban J connectivity index is 1.66. The summed E-state index contributed by atoms with van der Waals surface area (Å²) in [4.78, 5) is 14.8. The van der Waals surface area contributed by atoms with Gasteiger partial charge in [-0.25, -0.2) is 17.5 Å². The van der Waals surface area contributed by atoms with Crippen LogP contribution in [0.15, 0.2) is 48.5 Å². The van der Waals surface area contributed by atoms with E-state index < -0.39 is 16.1 Å². The maximum Gasteiger partial charge on any atom is 0.252 e. The van der Waals surface area contributed by atoms with Crippen molar-refractivity contribution in [2.75, 3.05) is 12.9 Å². The topological polar surface area (TPSA) is 75.7 Å². The first-order chi connectivity index (χ1) is 14.7. The average Bonchev–Trinajstić information content (AvgIpc) is 2.71. The maximum absolute atomic E-state index is 13.7. The minimum atomic E-state index is -3.43. The Morgan fingerprint density at radius 3 is 2.55 bits per heavy atom. The van der Waals surface area contributed by atoms with Gasteiger partial charge in [-0.15, -0.1) is 0 Å². The number of hydrogen-bond donors (Lipinski definition) is 1. The summed E-state index contributed by atoms with van der Waals surface area (Å²) in [5, 5.41) is 0. The predicted octanol–water partition coefficient (Wildman–Crippen LogP) is 2.73. The normalized spacial score (nSPS) is 26.5. The molecule has 0 aromatic heterocycles. The van der Waals surface area contributed by atoms with Crippen molar-refractivity contribution >= 4 is 15.9 Å². The molecule has 2 aliphatic rings. The van der Waals surface area contributed by atoms with E-state index in [4.69, 9.17) is 4.74 Å². The first-order valence-electron chi connectivity index (χ1n) is 10.5. The molecule has 0 bridgehead atoms. The Hall–Kier alpha value is -2.29. The summed E-state index contributed by atoms with van der Waals surface area (Å²) in [5.41, 5.74) is 2.60. The number of piperidine rings is 1. The fourth-order valence-corrected chi connectivity index (χ4v) is 5.48. The number of benzene rings is 2. The smallest absolute Gasteiger partial charge is 0.252 e. The van der Waals surface area contributed by atoms with Gasteiger partial charge in [-0.3, -0.25) is 4.79 Å². The third-order valence-electron chi connectivity index (χ3n) is 6.06. The number of carbonyl (C=O) groups is 1. The number of amides is 1. The minimum Gasteiger partial charge on any atom is -0.367 e. The first kappa shape index (κ1) is 21.9. The summed E-state index contributed by atoms with van der Waals surface area (Å²) in [7, 11) is -3.43. The maximum atomic E-state index is 13.7. The summed E-state index contributed by atoms with van der Waals surface area (Å²) >= 11 is 0. The number of hydrogen-bond acceptors (Lipinski definition) is 4. The van der Waals surface area contributed by atoms with Crippen LogP contribution >= 0.6 is 0 Å². The molecule has 0 aliphatic carbocycles. The van der Waals surface area contributed by atoms with Crippen molar-refractivity contribution in [1.29, 1.82) is 0 Å². The van der Waals surface area contributed by atoms with E-state index in [1.807, 2.05) is 35.2 Å². The van der Waals surface area contributed by atoms with Crippen LogP contribution in [0.5, 0.6) is 0 Å². The van der Waals surface area contributed by atoms with E-state index in [0.29, 0.717) is 25.9 Å². The summed E-state index contributed by atoms with van der Waals surface area (Å²) in [6.07, 6.45) is 2.41. The molecule has 1 amide bonds. The van der Waals surface area contributed by atoms with Gasteiger partial charge in [-0.2, -0.15) is 0 Å². The van der Waals surface area contributed by atoms with Crippen LogP contribution in [-0.2, 0) is 26.0 Å². The number of carbonyl (C=O) groups excluding carboxylic acids is 1. The summed E-state index contributed by atoms with van der Waals surface area (Å²) in [5.74, 6) is -0.411. The zero-order valence-electron chi connectivity index (χ0n) is 17.6. The Kier molecular flexibility index (Phi) is 6.14. The molecule has 2 aromatic rings. The van der Waals surface area contributed by atoms with E-state index >= 15 is 0 Å². The van der Waals surface area contributed by atoms with Crippen LogP contribution in [0.1, 0.15) is 25.3 Å². The van der Waals surface area contributed by atoms with Gasteiger partial charge in [0.05, 0.1) is 24.9 Å². The summed E-state index contributed by atoms with van der Waals surface area (Å²) in [6, 6.07) is 13.4. The van der Waals surface area contributed by atoms with Crippen molar-refractivity contribution in [3.63, 3.8) is 0 Å². The largest absolute Gasteiger partial charge is 0.367 e. The molecular formula is C23H27FN2O4S. The Morgan fingerprint density at radius 2 is 1.84 bits per heavy atom. The number of morpholine rings is 1. The summed E-state index contributed by atoms with van der Waals surface area (Å²) in [6.45, 7) is 2.19. The van der Waals surface area contributed by atoms with Crippen LogP contribution in [0, 0.1) is 5.82 Å². The van der Waals surface area contributed by atoms with E-state index in [2.05, 4.69) is 4.72 Å². The standard InChI is InChI=1S/C23H27FN2O4S/c1-15-23(27)26-20(14-30-15)9-10-21(25-31(2,28)29)22(26)12-16-5-3-6-17(11-16)18-7-4-8-19(24)13-18/h3-8,11,13,15,20-22,25H,9-10,12,14H2,1-2H3/t15?,20-,21-,22-/m0/s1. The second-order valence-electron chi connectivity index (χ2n) is 8.43. The SMILES string of the molecule is CC1OC[C@@H]2CC[C@H](NS(C)(=O)=O)[C@H](Cc3cccc(-c4cccc(F)c4)c3)N2C1=O. The highest BCUT2D eigenvalue weighted by Gasteiger charge is 2.45. The first-order valence-corrected chi connectivity index (χ1v) is 12.4. The van der Waals surface area contributed by atoms with Gasteiger partial charge in [0.2, 0.25) is 10.0 Å². The molecule has 1 N–H and O–H groups in total. The lowest BCUT2D eigenvalue weighted by molar-refractivity contribution is -0.166. The highest BCUT2D eigenvalue weighted by molar-refractivity contribution is 7.88. The van der Waals surface area contributed by atoms with Crippen molar-refractivity contribution in [2.24, 2.45) is 0 Å². The monoisotopic (exact) mass is 446 g/mol. The van der Waals surface area contributed by atoms with E-state index in [1.54, 1.807) is 13.0 Å². The van der Waals surface area contributed by atoms with Gasteiger partial charge in [-0.1, -0.05) is 36.4 Å². The fourth-order valence-electron chi connectivity index (χ4n) is 4.65. The molecule has 2 aromatic carbocycles.